The molecule has 8 heteroatoms. The highest BCUT2D eigenvalue weighted by Gasteiger charge is 2.14. The van der Waals surface area contributed by atoms with Crippen LogP contribution in [0.15, 0.2) is 47.4 Å². The Morgan fingerprint density at radius 3 is 2.58 bits per heavy atom. The highest BCUT2D eigenvalue weighted by atomic mass is 35.5. The molecule has 0 aliphatic carbocycles. The molecule has 0 spiro atoms. The van der Waals surface area contributed by atoms with Gasteiger partial charge in [0.15, 0.2) is 0 Å². The Hall–Kier alpha value is -2.09. The van der Waals surface area contributed by atoms with Crippen LogP contribution in [0, 0.1) is 0 Å². The monoisotopic (exact) mass is 368 g/mol. The number of sulfonamides is 1. The molecule has 0 atom stereocenters. The number of carbonyl (C=O) groups excluding carboxylic acids is 1. The van der Waals surface area contributed by atoms with Crippen molar-refractivity contribution in [1.29, 1.82) is 0 Å². The number of nitrogens with two attached hydrogens (primary N) is 1. The molecule has 0 aliphatic heterocycles. The first-order chi connectivity index (χ1) is 11.3. The summed E-state index contributed by atoms with van der Waals surface area (Å²) in [4.78, 5) is 12.0. The number of aryl methyl sites for hydroxylation is 1. The summed E-state index contributed by atoms with van der Waals surface area (Å²) in [5, 5.41) is 8.34. The first kappa shape index (κ1) is 18.3. The van der Waals surface area contributed by atoms with Crippen molar-refractivity contribution in [3.63, 3.8) is 0 Å². The molecule has 0 bridgehead atoms. The number of anilines is 1. The van der Waals surface area contributed by atoms with Crippen LogP contribution < -0.4 is 15.2 Å². The number of hydrogen-bond donors (Lipinski definition) is 2. The predicted molar refractivity (Wildman–Crippen MR) is 92.8 cm³/mol. The fourth-order valence-electron chi connectivity index (χ4n) is 2.12. The van der Waals surface area contributed by atoms with E-state index in [1.807, 2.05) is 18.2 Å². The molecule has 2 rings (SSSR count). The maximum absolute atomic E-state index is 12.1. The lowest BCUT2D eigenvalue weighted by molar-refractivity contribution is -0.116. The molecule has 128 valence electrons. The van der Waals surface area contributed by atoms with Crippen molar-refractivity contribution < 1.29 is 17.9 Å². The smallest absolute Gasteiger partial charge is 0.238 e. The lowest BCUT2D eigenvalue weighted by atomic mass is 10.1. The molecular weight excluding hydrogens is 352 g/mol. The Kier molecular flexibility index (Phi) is 5.82. The third-order valence-corrected chi connectivity index (χ3v) is 4.63. The van der Waals surface area contributed by atoms with E-state index in [1.165, 1.54) is 25.3 Å². The number of carbonyl (C=O) groups is 1. The topological polar surface area (TPSA) is 98.5 Å². The molecular formula is C16H17ClN2O4S. The SMILES string of the molecule is COc1ccc(S(N)(=O)=O)cc1NC(=O)CCc1ccccc1Cl. The number of methoxy groups -OCH3 is 1. The average molecular weight is 369 g/mol. The number of nitrogens with one attached hydrogen (secondary N) is 1. The van der Waals surface area contributed by atoms with Gasteiger partial charge in [0.05, 0.1) is 17.7 Å². The van der Waals surface area contributed by atoms with Gasteiger partial charge in [0.1, 0.15) is 5.75 Å². The van der Waals surface area contributed by atoms with E-state index in [4.69, 9.17) is 21.5 Å². The minimum Gasteiger partial charge on any atom is -0.495 e. The summed E-state index contributed by atoms with van der Waals surface area (Å²) in [5.74, 6) is 0.0493. The summed E-state index contributed by atoms with van der Waals surface area (Å²) in [6.07, 6.45) is 0.648. The van der Waals surface area contributed by atoms with Crippen LogP contribution in [-0.2, 0) is 21.2 Å². The fraction of sp³-hybridized carbons (Fsp3) is 0.188. The number of halogens is 1. The zero-order chi connectivity index (χ0) is 17.7. The predicted octanol–water partition coefficient (Wildman–Crippen LogP) is 2.57. The lowest BCUT2D eigenvalue weighted by Crippen LogP contribution is -2.16. The van der Waals surface area contributed by atoms with E-state index in [-0.39, 0.29) is 22.9 Å². The van der Waals surface area contributed by atoms with Gasteiger partial charge in [0, 0.05) is 11.4 Å². The maximum Gasteiger partial charge on any atom is 0.238 e. The Balaban J connectivity index is 2.12. The third-order valence-electron chi connectivity index (χ3n) is 3.35. The molecule has 0 fully saturated rings. The van der Waals surface area contributed by atoms with Crippen molar-refractivity contribution in [2.75, 3.05) is 12.4 Å². The summed E-state index contributed by atoms with van der Waals surface area (Å²) in [5.41, 5.74) is 1.10. The molecule has 0 aliphatic rings. The first-order valence-electron chi connectivity index (χ1n) is 7.05. The zero-order valence-electron chi connectivity index (χ0n) is 13.0. The zero-order valence-corrected chi connectivity index (χ0v) is 14.5. The van der Waals surface area contributed by atoms with Crippen LogP contribution in [0.2, 0.25) is 5.02 Å². The Morgan fingerprint density at radius 1 is 1.25 bits per heavy atom. The third kappa shape index (κ3) is 4.70. The highest BCUT2D eigenvalue weighted by molar-refractivity contribution is 7.89. The molecule has 0 saturated carbocycles. The van der Waals surface area contributed by atoms with Crippen LogP contribution in [0.3, 0.4) is 0 Å². The molecule has 6 nitrogen and oxygen atoms in total. The Bertz CT molecular complexity index is 853. The second-order valence-corrected chi connectivity index (χ2v) is 7.02. The van der Waals surface area contributed by atoms with Crippen molar-refractivity contribution >= 4 is 33.2 Å². The quantitative estimate of drug-likeness (QED) is 0.818. The van der Waals surface area contributed by atoms with Crippen LogP contribution in [0.5, 0.6) is 5.75 Å². The van der Waals surface area contributed by atoms with E-state index in [0.29, 0.717) is 17.2 Å². The van der Waals surface area contributed by atoms with Gasteiger partial charge >= 0.3 is 0 Å². The average Bonchev–Trinajstić information content (AvgIpc) is 2.53. The van der Waals surface area contributed by atoms with E-state index < -0.39 is 10.0 Å². The van der Waals surface area contributed by atoms with Crippen LogP contribution in [0.4, 0.5) is 5.69 Å². The van der Waals surface area contributed by atoms with Gasteiger partial charge in [-0.1, -0.05) is 29.8 Å². The van der Waals surface area contributed by atoms with Gasteiger partial charge in [-0.05, 0) is 36.2 Å². The van der Waals surface area contributed by atoms with Gasteiger partial charge in [0.2, 0.25) is 15.9 Å². The van der Waals surface area contributed by atoms with Crippen molar-refractivity contribution in [2.45, 2.75) is 17.7 Å². The van der Waals surface area contributed by atoms with Crippen LogP contribution >= 0.6 is 11.6 Å². The fourth-order valence-corrected chi connectivity index (χ4v) is 2.89. The van der Waals surface area contributed by atoms with E-state index in [0.717, 1.165) is 5.56 Å². The number of amides is 1. The molecule has 0 unspecified atom stereocenters. The maximum atomic E-state index is 12.1. The number of primary sulfonamides is 1. The summed E-state index contributed by atoms with van der Waals surface area (Å²) >= 11 is 6.05. The molecule has 1 amide bonds. The molecule has 0 radical (unpaired) electrons. The van der Waals surface area contributed by atoms with E-state index >= 15 is 0 Å². The Labute approximate surface area is 145 Å². The molecule has 2 aromatic carbocycles. The van der Waals surface area contributed by atoms with Gasteiger partial charge in [-0.2, -0.15) is 0 Å². The lowest BCUT2D eigenvalue weighted by Gasteiger charge is -2.12. The molecule has 0 heterocycles. The largest absolute Gasteiger partial charge is 0.495 e. The summed E-state index contributed by atoms with van der Waals surface area (Å²) in [6, 6.07) is 11.3. The molecule has 2 aromatic rings. The van der Waals surface area contributed by atoms with Gasteiger partial charge in [-0.15, -0.1) is 0 Å². The van der Waals surface area contributed by atoms with Crippen LogP contribution in [-0.4, -0.2) is 21.4 Å². The molecule has 0 saturated heterocycles. The second kappa shape index (κ2) is 7.65. The number of ether oxygens (including phenoxy) is 1. The van der Waals surface area contributed by atoms with E-state index in [1.54, 1.807) is 6.07 Å². The van der Waals surface area contributed by atoms with Gasteiger partial charge in [0.25, 0.3) is 0 Å². The standard InChI is InChI=1S/C16H17ClN2O4S/c1-23-15-8-7-12(24(18,21)22)10-14(15)19-16(20)9-6-11-4-2-3-5-13(11)17/h2-5,7-8,10H,6,9H2,1H3,(H,19,20)(H2,18,21,22). The summed E-state index contributed by atoms with van der Waals surface area (Å²) in [6.45, 7) is 0. The Morgan fingerprint density at radius 2 is 1.96 bits per heavy atom. The van der Waals surface area contributed by atoms with Crippen LogP contribution in [0.1, 0.15) is 12.0 Å². The molecule has 24 heavy (non-hydrogen) atoms. The second-order valence-electron chi connectivity index (χ2n) is 5.05. The van der Waals surface area contributed by atoms with Gasteiger partial charge in [-0.25, -0.2) is 13.6 Å². The van der Waals surface area contributed by atoms with Crippen molar-refractivity contribution in [1.82, 2.24) is 0 Å². The minimum atomic E-state index is -3.87. The minimum absolute atomic E-state index is 0.107. The van der Waals surface area contributed by atoms with E-state index in [2.05, 4.69) is 5.32 Å². The highest BCUT2D eigenvalue weighted by Crippen LogP contribution is 2.27. The molecule has 0 aromatic heterocycles. The molecule has 3 N–H and O–H groups in total. The van der Waals surface area contributed by atoms with Crippen molar-refractivity contribution in [3.8, 4) is 5.75 Å². The summed E-state index contributed by atoms with van der Waals surface area (Å²) in [7, 11) is -2.45. The summed E-state index contributed by atoms with van der Waals surface area (Å²) < 4.78 is 28.0. The van der Waals surface area contributed by atoms with E-state index in [9.17, 15) is 13.2 Å². The number of benzene rings is 2. The van der Waals surface area contributed by atoms with Gasteiger partial charge in [-0.3, -0.25) is 4.79 Å². The number of rotatable bonds is 6. The van der Waals surface area contributed by atoms with Crippen LogP contribution in [0.25, 0.3) is 0 Å². The normalized spacial score (nSPS) is 11.1. The van der Waals surface area contributed by atoms with Crippen molar-refractivity contribution in [3.05, 3.63) is 53.1 Å². The van der Waals surface area contributed by atoms with Gasteiger partial charge < -0.3 is 10.1 Å². The first-order valence-corrected chi connectivity index (χ1v) is 8.98. The van der Waals surface area contributed by atoms with Crippen molar-refractivity contribution in [2.24, 2.45) is 5.14 Å². The number of hydrogen-bond acceptors (Lipinski definition) is 4.